The van der Waals surface area contributed by atoms with Crippen LogP contribution < -0.4 is 4.74 Å². The number of benzene rings is 7. The van der Waals surface area contributed by atoms with Crippen molar-refractivity contribution in [2.75, 3.05) is 0 Å². The Morgan fingerprint density at radius 2 is 1.22 bits per heavy atom. The molecule has 2 heterocycles. The molecule has 5 heteroatoms. The Labute approximate surface area is 399 Å². The average molecular weight is 1030 g/mol. The molecular weight excluding hydrogens is 974 g/mol. The van der Waals surface area contributed by atoms with Crippen molar-refractivity contribution in [3.63, 3.8) is 0 Å². The van der Waals surface area contributed by atoms with Gasteiger partial charge in [-0.25, -0.2) is 4.98 Å². The number of nitrogens with zero attached hydrogens (tertiary/aromatic N) is 3. The van der Waals surface area contributed by atoms with E-state index in [1.54, 1.807) is 0 Å². The summed E-state index contributed by atoms with van der Waals surface area (Å²) in [5.41, 5.74) is 19.8. The summed E-state index contributed by atoms with van der Waals surface area (Å²) >= 11 is 0. The zero-order chi connectivity index (χ0) is 44.9. The van der Waals surface area contributed by atoms with E-state index in [2.05, 4.69) is 232 Å². The SMILES string of the molecule is [CH2-]Oc1c(C)cc(C)cc1-c1nc2c(-c3[c-]c(-c4cc(-c5ccc(C)cc5)ccn4)cc(C(C)(C)C)c3)cccc2n1-c1cc(-c2ccccc2)c(C(C)(C)C)cc1-c1ccccc1.[Pt+2]. The number of hydrogen-bond donors (Lipinski definition) is 0. The largest absolute Gasteiger partial charge is 2.00 e. The predicted molar refractivity (Wildman–Crippen MR) is 268 cm³/mol. The Hall–Kier alpha value is -6.35. The first-order valence-electron chi connectivity index (χ1n) is 22.1. The standard InChI is InChI=1S/C60H55N3O.Pt/c1-38-24-26-41(27-25-38)44-28-29-61-53(35-44)46-32-45(33-47(34-46)59(4,5)6)48-22-17-23-54-56(48)62-58(51-31-39(2)30-40(3)57(51)64-10)63(54)55-37-49(42-18-13-11-14-19-42)52(60(7,8)9)36-50(55)43-20-15-12-16-21-43;/h11-31,33-37H,10H2,1-9H3;/q-2;+2. The molecule has 2 aromatic heterocycles. The molecule has 0 N–H and O–H groups in total. The Morgan fingerprint density at radius 3 is 1.86 bits per heavy atom. The number of pyridine rings is 1. The number of fused-ring (bicyclic) bond motifs is 1. The van der Waals surface area contributed by atoms with Gasteiger partial charge in [0.15, 0.2) is 0 Å². The van der Waals surface area contributed by atoms with Gasteiger partial charge in [-0.3, -0.25) is 9.55 Å². The minimum atomic E-state index is -0.154. The quantitative estimate of drug-likeness (QED) is 0.142. The number of para-hydroxylation sites is 1. The van der Waals surface area contributed by atoms with E-state index in [0.29, 0.717) is 5.75 Å². The van der Waals surface area contributed by atoms with E-state index in [1.165, 1.54) is 22.3 Å². The molecule has 0 fully saturated rings. The minimum Gasteiger partial charge on any atom is -0.665 e. The second kappa shape index (κ2) is 17.9. The fourth-order valence-electron chi connectivity index (χ4n) is 8.94. The average Bonchev–Trinajstić information content (AvgIpc) is 3.68. The van der Waals surface area contributed by atoms with Crippen LogP contribution in [0.1, 0.15) is 69.4 Å². The number of aromatic nitrogens is 3. The molecule has 0 saturated carbocycles. The molecular formula is C60H55N3OPt. The molecule has 0 aliphatic heterocycles. The van der Waals surface area contributed by atoms with Crippen molar-refractivity contribution in [2.45, 2.75) is 73.1 Å². The fraction of sp³-hybridized carbons (Fsp3) is 0.183. The molecule has 0 amide bonds. The van der Waals surface area contributed by atoms with Gasteiger partial charge in [-0.05, 0) is 106 Å². The molecule has 0 radical (unpaired) electrons. The van der Waals surface area contributed by atoms with Crippen LogP contribution in [-0.4, -0.2) is 14.5 Å². The zero-order valence-corrected chi connectivity index (χ0v) is 41.1. The molecule has 7 aromatic carbocycles. The maximum atomic E-state index is 6.01. The first-order valence-corrected chi connectivity index (χ1v) is 22.1. The van der Waals surface area contributed by atoms with Gasteiger partial charge in [-0.15, -0.1) is 29.3 Å². The molecule has 326 valence electrons. The van der Waals surface area contributed by atoms with Crippen molar-refractivity contribution >= 4 is 11.0 Å². The molecule has 0 spiro atoms. The molecule has 0 atom stereocenters. The first kappa shape index (κ1) is 45.2. The van der Waals surface area contributed by atoms with E-state index < -0.39 is 0 Å². The smallest absolute Gasteiger partial charge is 0.665 e. The predicted octanol–water partition coefficient (Wildman–Crippen LogP) is 15.9. The summed E-state index contributed by atoms with van der Waals surface area (Å²) in [7, 11) is 3.96. The molecule has 0 unspecified atom stereocenters. The number of hydrogen-bond acceptors (Lipinski definition) is 3. The maximum Gasteiger partial charge on any atom is 2.00 e. The van der Waals surface area contributed by atoms with E-state index in [9.17, 15) is 0 Å². The van der Waals surface area contributed by atoms with Crippen molar-refractivity contribution in [2.24, 2.45) is 0 Å². The van der Waals surface area contributed by atoms with E-state index in [4.69, 9.17) is 14.7 Å². The number of ether oxygens (including phenoxy) is 1. The van der Waals surface area contributed by atoms with Gasteiger partial charge in [0.05, 0.1) is 28.0 Å². The van der Waals surface area contributed by atoms with Crippen molar-refractivity contribution in [3.8, 4) is 78.6 Å². The molecule has 9 aromatic rings. The number of imidazole rings is 1. The van der Waals surface area contributed by atoms with E-state index >= 15 is 0 Å². The van der Waals surface area contributed by atoms with Crippen LogP contribution in [-0.2, 0) is 31.9 Å². The molecule has 0 saturated heterocycles. The third kappa shape index (κ3) is 8.90. The van der Waals surface area contributed by atoms with Crippen LogP contribution in [0.15, 0.2) is 158 Å². The van der Waals surface area contributed by atoms with Gasteiger partial charge in [-0.1, -0.05) is 167 Å². The zero-order valence-electron chi connectivity index (χ0n) is 38.8. The van der Waals surface area contributed by atoms with Crippen LogP contribution in [0.4, 0.5) is 0 Å². The molecule has 0 aliphatic rings. The summed E-state index contributed by atoms with van der Waals surface area (Å²) in [6, 6.07) is 58.4. The van der Waals surface area contributed by atoms with E-state index in [0.717, 1.165) is 89.4 Å². The minimum absolute atomic E-state index is 0. The van der Waals surface area contributed by atoms with Crippen molar-refractivity contribution < 1.29 is 25.8 Å². The Morgan fingerprint density at radius 1 is 0.554 bits per heavy atom. The second-order valence-electron chi connectivity index (χ2n) is 19.2. The van der Waals surface area contributed by atoms with Gasteiger partial charge in [0, 0.05) is 17.5 Å². The number of rotatable bonds is 8. The van der Waals surface area contributed by atoms with Gasteiger partial charge in [0.2, 0.25) is 0 Å². The van der Waals surface area contributed by atoms with Crippen LogP contribution in [0.25, 0.3) is 83.9 Å². The molecule has 0 bridgehead atoms. The maximum absolute atomic E-state index is 6.01. The van der Waals surface area contributed by atoms with Crippen LogP contribution in [0.5, 0.6) is 5.75 Å². The van der Waals surface area contributed by atoms with Crippen LogP contribution in [0.3, 0.4) is 0 Å². The molecule has 0 aliphatic carbocycles. The van der Waals surface area contributed by atoms with Gasteiger partial charge >= 0.3 is 21.1 Å². The van der Waals surface area contributed by atoms with E-state index in [1.807, 2.05) is 6.20 Å². The molecule has 4 nitrogen and oxygen atoms in total. The summed E-state index contributed by atoms with van der Waals surface area (Å²) in [6.45, 7) is 20.0. The topological polar surface area (TPSA) is 39.9 Å². The monoisotopic (exact) mass is 1030 g/mol. The molecule has 9 rings (SSSR count). The van der Waals surface area contributed by atoms with Gasteiger partial charge in [-0.2, -0.15) is 7.11 Å². The summed E-state index contributed by atoms with van der Waals surface area (Å²) in [6.07, 6.45) is 1.90. The second-order valence-corrected chi connectivity index (χ2v) is 19.2. The third-order valence-electron chi connectivity index (χ3n) is 12.3. The van der Waals surface area contributed by atoms with E-state index in [-0.39, 0.29) is 31.9 Å². The third-order valence-corrected chi connectivity index (χ3v) is 12.3. The fourth-order valence-corrected chi connectivity index (χ4v) is 8.94. The molecule has 65 heavy (non-hydrogen) atoms. The Bertz CT molecular complexity index is 3170. The summed E-state index contributed by atoms with van der Waals surface area (Å²) in [4.78, 5) is 10.6. The van der Waals surface area contributed by atoms with Crippen LogP contribution in [0.2, 0.25) is 0 Å². The normalized spacial score (nSPS) is 11.7. The van der Waals surface area contributed by atoms with Gasteiger partial charge in [0.1, 0.15) is 5.82 Å². The summed E-state index contributed by atoms with van der Waals surface area (Å²) in [5.74, 6) is 1.47. The Balaban J connectivity index is 0.00000576. The van der Waals surface area contributed by atoms with Gasteiger partial charge < -0.3 is 4.74 Å². The van der Waals surface area contributed by atoms with Crippen LogP contribution in [0, 0.1) is 33.9 Å². The van der Waals surface area contributed by atoms with Crippen molar-refractivity contribution in [1.29, 1.82) is 0 Å². The Kier molecular flexibility index (Phi) is 12.5. The summed E-state index contributed by atoms with van der Waals surface area (Å²) < 4.78 is 8.35. The summed E-state index contributed by atoms with van der Waals surface area (Å²) in [5, 5.41) is 0. The number of aryl methyl sites for hydroxylation is 3. The van der Waals surface area contributed by atoms with Crippen molar-refractivity contribution in [3.05, 3.63) is 199 Å². The van der Waals surface area contributed by atoms with Crippen molar-refractivity contribution in [1.82, 2.24) is 14.5 Å². The van der Waals surface area contributed by atoms with Crippen LogP contribution >= 0.6 is 0 Å². The van der Waals surface area contributed by atoms with Gasteiger partial charge in [0.25, 0.3) is 0 Å². The first-order chi connectivity index (χ1) is 30.7.